The zero-order valence-corrected chi connectivity index (χ0v) is 24.8. The molecule has 1 aliphatic carbocycles. The van der Waals surface area contributed by atoms with Crippen molar-refractivity contribution in [2.75, 3.05) is 33.5 Å². The Morgan fingerprint density at radius 2 is 2.23 bits per heavy atom. The highest BCUT2D eigenvalue weighted by atomic mass is 127. The van der Waals surface area contributed by atoms with E-state index in [4.69, 9.17) is 15.2 Å². The number of amidine groups is 1. The smallest absolute Gasteiger partial charge is 0.277 e. The van der Waals surface area contributed by atoms with E-state index in [0.29, 0.717) is 0 Å². The molecule has 2 aliphatic heterocycles. The minimum Gasteiger partial charge on any atom is -0.454 e. The fraction of sp³-hybridized carbons (Fsp3) is 0.520. The summed E-state index contributed by atoms with van der Waals surface area (Å²) in [6.07, 6.45) is 9.33. The molecule has 2 heterocycles. The van der Waals surface area contributed by atoms with Gasteiger partial charge in [0.25, 0.3) is 6.09 Å². The van der Waals surface area contributed by atoms with Gasteiger partial charge in [0.05, 0.1) is 5.70 Å². The minimum absolute atomic E-state index is 0.132. The largest absolute Gasteiger partial charge is 0.454 e. The molecule has 192 valence electrons. The summed E-state index contributed by atoms with van der Waals surface area (Å²) in [5.41, 5.74) is 11.4. The summed E-state index contributed by atoms with van der Waals surface area (Å²) in [7, 11) is 2.15. The molecule has 1 saturated heterocycles. The molecule has 0 aromatic rings. The van der Waals surface area contributed by atoms with Gasteiger partial charge in [0, 0.05) is 56.4 Å². The highest BCUT2D eigenvalue weighted by Crippen LogP contribution is 2.44. The van der Waals surface area contributed by atoms with Gasteiger partial charge in [-0.25, -0.2) is 8.52 Å². The molecule has 7 nitrogen and oxygen atoms in total. The van der Waals surface area contributed by atoms with Gasteiger partial charge in [0.2, 0.25) is 6.79 Å². The van der Waals surface area contributed by atoms with Crippen LogP contribution in [0.3, 0.4) is 0 Å². The maximum atomic E-state index is 13.2. The molecule has 3 unspecified atom stereocenters. The molecule has 10 heteroatoms. The Morgan fingerprint density at radius 3 is 2.91 bits per heavy atom. The normalized spacial score (nSPS) is 26.3. The second-order valence-corrected chi connectivity index (χ2v) is 12.0. The first kappa shape index (κ1) is 28.2. The third kappa shape index (κ3) is 7.58. The summed E-state index contributed by atoms with van der Waals surface area (Å²) in [4.78, 5) is 8.36. The number of fused-ring (bicyclic) bond motifs is 1. The van der Waals surface area contributed by atoms with E-state index in [1.165, 1.54) is 0 Å². The predicted octanol–water partition coefficient (Wildman–Crippen LogP) is 5.05. The Balaban J connectivity index is 1.87. The number of rotatable bonds is 11. The average molecular weight is 709 g/mol. The molecule has 0 amide bonds. The quantitative estimate of drug-likeness (QED) is 0.0596. The second kappa shape index (κ2) is 12.8. The molecule has 3 rings (SSSR count). The lowest BCUT2D eigenvalue weighted by atomic mass is 9.84. The Morgan fingerprint density at radius 1 is 1.49 bits per heavy atom. The summed E-state index contributed by atoms with van der Waals surface area (Å²) in [6, 6.07) is 0. The number of halogens is 3. The van der Waals surface area contributed by atoms with Crippen LogP contribution in [-0.2, 0) is 9.47 Å². The highest BCUT2D eigenvalue weighted by Gasteiger charge is 2.38. The van der Waals surface area contributed by atoms with Gasteiger partial charge in [0.1, 0.15) is 6.17 Å². The van der Waals surface area contributed by atoms with E-state index in [-0.39, 0.29) is 16.1 Å². The van der Waals surface area contributed by atoms with Crippen molar-refractivity contribution in [2.45, 2.75) is 42.7 Å². The van der Waals surface area contributed by atoms with Gasteiger partial charge in [-0.1, -0.05) is 41.8 Å². The third-order valence-electron chi connectivity index (χ3n) is 6.19. The van der Waals surface area contributed by atoms with Gasteiger partial charge in [-0.2, -0.15) is 4.39 Å². The number of allylic oxidation sites excluding steroid dienone is 3. The second-order valence-electron chi connectivity index (χ2n) is 9.03. The van der Waals surface area contributed by atoms with Crippen LogP contribution in [0.1, 0.15) is 33.1 Å². The van der Waals surface area contributed by atoms with Crippen LogP contribution in [-0.4, -0.2) is 59.0 Å². The number of nitrogens with zero attached hydrogens (tertiary/aromatic N) is 3. The molecular weight excluding hydrogens is 675 g/mol. The number of ether oxygens (including phenoxy) is 2. The molecule has 1 fully saturated rings. The van der Waals surface area contributed by atoms with Crippen LogP contribution in [0.25, 0.3) is 0 Å². The lowest BCUT2D eigenvalue weighted by molar-refractivity contribution is 0.0976. The first-order valence-electron chi connectivity index (χ1n) is 11.7. The standard InChI is InChI=1S/C25H34FI2N5O2/c1-5-9-32(4)10-6-11-33-17(2)18(12-23(31-28)30-24(26)29)7-8-20(33)13-19-14-21-22(35-16-34-21)15-25(19,3)27/h7,12,14-15,19,23,31H,2,5-6,9-11,13,16H2,1,3-4H3,(H2,29,30)/b18-12+. The maximum Gasteiger partial charge on any atom is 0.277 e. The monoisotopic (exact) mass is 709 g/mol. The number of hydrogen-bond donors (Lipinski definition) is 2. The first-order valence-corrected chi connectivity index (χ1v) is 13.9. The van der Waals surface area contributed by atoms with Crippen molar-refractivity contribution in [1.29, 1.82) is 0 Å². The summed E-state index contributed by atoms with van der Waals surface area (Å²) < 4.78 is 27.3. The van der Waals surface area contributed by atoms with Crippen molar-refractivity contribution in [3.05, 3.63) is 65.1 Å². The van der Waals surface area contributed by atoms with Crippen molar-refractivity contribution >= 4 is 51.5 Å². The van der Waals surface area contributed by atoms with Crippen LogP contribution < -0.4 is 9.26 Å². The maximum absolute atomic E-state index is 13.2. The number of hydrogen-bond acceptors (Lipinski definition) is 6. The molecule has 0 bridgehead atoms. The Kier molecular flexibility index (Phi) is 10.3. The van der Waals surface area contributed by atoms with E-state index in [0.717, 1.165) is 67.4 Å². The van der Waals surface area contributed by atoms with Gasteiger partial charge in [-0.05, 0) is 64.2 Å². The SMILES string of the molecule is C=C1/C(=C/C(/N=C(\N)F)NI)C=C=C(CC2C=C3OCOC3=CC2(C)I)N1CCCN(C)CCC. The topological polar surface area (TPSA) is 75.3 Å². The minimum atomic E-state index is -0.967. The van der Waals surface area contributed by atoms with Crippen LogP contribution in [0.5, 0.6) is 0 Å². The van der Waals surface area contributed by atoms with Gasteiger partial charge >= 0.3 is 0 Å². The van der Waals surface area contributed by atoms with Crippen LogP contribution in [0.15, 0.2) is 70.1 Å². The molecule has 3 atom stereocenters. The number of aliphatic imine (C=N–C) groups is 1. The number of nitrogens with one attached hydrogen (secondary N) is 1. The predicted molar refractivity (Wildman–Crippen MR) is 155 cm³/mol. The van der Waals surface area contributed by atoms with Crippen LogP contribution in [0, 0.1) is 5.92 Å². The molecule has 0 spiro atoms. The lowest BCUT2D eigenvalue weighted by Gasteiger charge is -2.36. The molecule has 0 aromatic heterocycles. The average Bonchev–Trinajstić information content (AvgIpc) is 3.22. The van der Waals surface area contributed by atoms with Crippen molar-refractivity contribution < 1.29 is 13.9 Å². The summed E-state index contributed by atoms with van der Waals surface area (Å²) in [5.74, 6) is 1.83. The molecule has 3 N–H and O–H groups in total. The molecule has 0 radical (unpaired) electrons. The molecule has 35 heavy (non-hydrogen) atoms. The Bertz CT molecular complexity index is 994. The van der Waals surface area contributed by atoms with E-state index < -0.39 is 12.3 Å². The van der Waals surface area contributed by atoms with Crippen LogP contribution in [0.2, 0.25) is 0 Å². The van der Waals surface area contributed by atoms with E-state index in [2.05, 4.69) is 86.3 Å². The molecular formula is C25H34FI2N5O2. The highest BCUT2D eigenvalue weighted by molar-refractivity contribution is 14.1. The summed E-state index contributed by atoms with van der Waals surface area (Å²) in [6.45, 7) is 11.9. The van der Waals surface area contributed by atoms with Gasteiger partial charge in [0.15, 0.2) is 11.5 Å². The number of nitrogens with two attached hydrogens (primary N) is 1. The molecule has 0 aromatic carbocycles. The third-order valence-corrected chi connectivity index (χ3v) is 7.94. The van der Waals surface area contributed by atoms with E-state index in [1.54, 1.807) is 0 Å². The van der Waals surface area contributed by atoms with E-state index in [1.807, 2.05) is 35.0 Å². The fourth-order valence-corrected chi connectivity index (χ4v) is 5.33. The van der Waals surface area contributed by atoms with E-state index >= 15 is 0 Å². The zero-order chi connectivity index (χ0) is 25.6. The first-order chi connectivity index (χ1) is 16.6. The molecule has 0 saturated carbocycles. The van der Waals surface area contributed by atoms with Crippen LogP contribution in [0.4, 0.5) is 4.39 Å². The van der Waals surface area contributed by atoms with Gasteiger partial charge < -0.3 is 25.0 Å². The van der Waals surface area contributed by atoms with Crippen LogP contribution >= 0.6 is 45.5 Å². The number of alkyl halides is 1. The Labute approximate surface area is 235 Å². The zero-order valence-electron chi connectivity index (χ0n) is 20.5. The van der Waals surface area contributed by atoms with E-state index in [9.17, 15) is 4.39 Å². The van der Waals surface area contributed by atoms with Gasteiger partial charge in [-0.3, -0.25) is 0 Å². The summed E-state index contributed by atoms with van der Waals surface area (Å²) >= 11 is 4.42. The van der Waals surface area contributed by atoms with Crippen molar-refractivity contribution in [3.8, 4) is 0 Å². The van der Waals surface area contributed by atoms with Gasteiger partial charge in [-0.15, -0.1) is 0 Å². The van der Waals surface area contributed by atoms with Crippen molar-refractivity contribution in [3.63, 3.8) is 0 Å². The Hall–Kier alpha value is -1.34. The van der Waals surface area contributed by atoms with Crippen molar-refractivity contribution in [2.24, 2.45) is 16.6 Å². The summed E-state index contributed by atoms with van der Waals surface area (Å²) in [5, 5.41) is 0. The fourth-order valence-electron chi connectivity index (χ4n) is 4.33. The van der Waals surface area contributed by atoms with Crippen molar-refractivity contribution in [1.82, 2.24) is 13.3 Å². The molecule has 3 aliphatic rings. The lowest BCUT2D eigenvalue weighted by Crippen LogP contribution is -2.34.